The van der Waals surface area contributed by atoms with Gasteiger partial charge >= 0.3 is 0 Å². The Morgan fingerprint density at radius 2 is 1.93 bits per heavy atom. The highest BCUT2D eigenvalue weighted by atomic mass is 16.5. The lowest BCUT2D eigenvalue weighted by molar-refractivity contribution is -0.141. The molecule has 0 radical (unpaired) electrons. The molecule has 0 N–H and O–H groups in total. The number of likely N-dealkylation sites (tertiary alicyclic amines) is 2. The Hall–Kier alpha value is -1.89. The molecule has 1 aromatic heterocycles. The zero-order valence-electron chi connectivity index (χ0n) is 16.8. The fourth-order valence-corrected chi connectivity index (χ4v) is 5.97. The highest BCUT2D eigenvalue weighted by molar-refractivity contribution is 5.92. The van der Waals surface area contributed by atoms with E-state index in [9.17, 15) is 9.59 Å². The molecule has 0 bridgehead atoms. The van der Waals surface area contributed by atoms with Gasteiger partial charge in [0.1, 0.15) is 5.76 Å². The number of hydrogen-bond acceptors (Lipinski definition) is 5. The predicted molar refractivity (Wildman–Crippen MR) is 100 cm³/mol. The van der Waals surface area contributed by atoms with Crippen LogP contribution in [0, 0.1) is 23.7 Å². The quantitative estimate of drug-likeness (QED) is 0.787. The van der Waals surface area contributed by atoms with Crippen molar-refractivity contribution in [1.82, 2.24) is 19.9 Å². The molecular formula is C20H30N4O3. The van der Waals surface area contributed by atoms with Crippen LogP contribution >= 0.6 is 0 Å². The summed E-state index contributed by atoms with van der Waals surface area (Å²) in [6, 6.07) is 1.70. The van der Waals surface area contributed by atoms with Gasteiger partial charge in [0.2, 0.25) is 5.91 Å². The molecule has 3 fully saturated rings. The Morgan fingerprint density at radius 1 is 1.22 bits per heavy atom. The van der Waals surface area contributed by atoms with Crippen molar-refractivity contribution in [3.05, 3.63) is 17.5 Å². The Bertz CT molecular complexity index is 750. The number of nitrogens with zero attached hydrogens (tertiary/aromatic N) is 4. The minimum atomic E-state index is -0.242. The standard InChI is InChI=1S/C20H30N4O3/c1-14-11-15(21-27-14)17(25)24-9-7-19(8-10-24)5-6-20(18(26)22(2)3)13-23(4)12-16(19)20/h11,16H,5-10,12-13H2,1-4H3/t16-,20+/m1/s1. The molecule has 0 unspecified atom stereocenters. The second-order valence-electron chi connectivity index (χ2n) is 9.08. The number of piperidine rings is 1. The lowest BCUT2D eigenvalue weighted by atomic mass is 9.65. The molecular weight excluding hydrogens is 344 g/mol. The molecule has 2 aliphatic heterocycles. The molecule has 1 aromatic rings. The Kier molecular flexibility index (Phi) is 4.33. The first-order valence-electron chi connectivity index (χ1n) is 9.90. The molecule has 2 saturated heterocycles. The van der Waals surface area contributed by atoms with Crippen LogP contribution in [-0.4, -0.2) is 79.0 Å². The molecule has 7 nitrogen and oxygen atoms in total. The van der Waals surface area contributed by atoms with Gasteiger partial charge in [-0.05, 0) is 51.0 Å². The van der Waals surface area contributed by atoms with E-state index in [0.717, 1.165) is 51.9 Å². The van der Waals surface area contributed by atoms with E-state index in [1.54, 1.807) is 17.9 Å². The highest BCUT2D eigenvalue weighted by Crippen LogP contribution is 2.62. The summed E-state index contributed by atoms with van der Waals surface area (Å²) in [5.74, 6) is 1.28. The summed E-state index contributed by atoms with van der Waals surface area (Å²) in [5.41, 5.74) is 0.327. The fourth-order valence-electron chi connectivity index (χ4n) is 5.97. The zero-order valence-corrected chi connectivity index (χ0v) is 16.8. The van der Waals surface area contributed by atoms with Crippen molar-refractivity contribution in [3.63, 3.8) is 0 Å². The molecule has 1 saturated carbocycles. The minimum Gasteiger partial charge on any atom is -0.361 e. The molecule has 4 rings (SSSR count). The summed E-state index contributed by atoms with van der Waals surface area (Å²) in [6.07, 6.45) is 4.00. The van der Waals surface area contributed by atoms with Gasteiger partial charge in [-0.15, -0.1) is 0 Å². The third-order valence-corrected chi connectivity index (χ3v) is 7.25. The topological polar surface area (TPSA) is 69.9 Å². The van der Waals surface area contributed by atoms with E-state index >= 15 is 0 Å². The van der Waals surface area contributed by atoms with Crippen LogP contribution in [0.5, 0.6) is 0 Å². The Balaban J connectivity index is 1.51. The normalized spacial score (nSPS) is 29.9. The Labute approximate surface area is 160 Å². The van der Waals surface area contributed by atoms with Crippen molar-refractivity contribution in [2.45, 2.75) is 32.6 Å². The maximum atomic E-state index is 13.1. The first-order chi connectivity index (χ1) is 12.8. The van der Waals surface area contributed by atoms with Gasteiger partial charge in [-0.3, -0.25) is 9.59 Å². The van der Waals surface area contributed by atoms with Gasteiger partial charge in [0.25, 0.3) is 5.91 Å². The zero-order chi connectivity index (χ0) is 19.4. The number of aromatic nitrogens is 1. The first kappa shape index (κ1) is 18.5. The molecule has 2 amide bonds. The van der Waals surface area contributed by atoms with Gasteiger partial charge in [-0.2, -0.15) is 0 Å². The van der Waals surface area contributed by atoms with E-state index in [1.165, 1.54) is 0 Å². The fraction of sp³-hybridized carbons (Fsp3) is 0.750. The lowest BCUT2D eigenvalue weighted by Crippen LogP contribution is -2.49. The molecule has 3 heterocycles. The van der Waals surface area contributed by atoms with Crippen LogP contribution < -0.4 is 0 Å². The molecule has 0 aromatic carbocycles. The number of carbonyl (C=O) groups excluding carboxylic acids is 2. The van der Waals surface area contributed by atoms with Crippen molar-refractivity contribution in [2.75, 3.05) is 47.3 Å². The van der Waals surface area contributed by atoms with E-state index in [0.29, 0.717) is 17.4 Å². The van der Waals surface area contributed by atoms with Crippen LogP contribution in [0.25, 0.3) is 0 Å². The van der Waals surface area contributed by atoms with Gasteiger partial charge in [0.15, 0.2) is 5.69 Å². The van der Waals surface area contributed by atoms with E-state index < -0.39 is 0 Å². The van der Waals surface area contributed by atoms with Crippen molar-refractivity contribution in [2.24, 2.45) is 16.7 Å². The summed E-state index contributed by atoms with van der Waals surface area (Å²) in [4.78, 5) is 31.8. The van der Waals surface area contributed by atoms with E-state index in [1.807, 2.05) is 19.0 Å². The number of amides is 2. The molecule has 2 atom stereocenters. The van der Waals surface area contributed by atoms with Gasteiger partial charge in [0, 0.05) is 46.3 Å². The lowest BCUT2D eigenvalue weighted by Gasteiger charge is -2.44. The second-order valence-corrected chi connectivity index (χ2v) is 9.08. The summed E-state index contributed by atoms with van der Waals surface area (Å²) in [6.45, 7) is 5.10. The summed E-state index contributed by atoms with van der Waals surface area (Å²) >= 11 is 0. The smallest absolute Gasteiger partial charge is 0.276 e. The van der Waals surface area contributed by atoms with Crippen molar-refractivity contribution < 1.29 is 14.1 Å². The van der Waals surface area contributed by atoms with Crippen LogP contribution in [0.4, 0.5) is 0 Å². The average molecular weight is 374 g/mol. The monoisotopic (exact) mass is 374 g/mol. The number of hydrogen-bond donors (Lipinski definition) is 0. The summed E-state index contributed by atoms with van der Waals surface area (Å²) in [7, 11) is 5.87. The number of rotatable bonds is 2. The third-order valence-electron chi connectivity index (χ3n) is 7.25. The highest BCUT2D eigenvalue weighted by Gasteiger charge is 2.64. The number of fused-ring (bicyclic) bond motifs is 2. The predicted octanol–water partition coefficient (Wildman–Crippen LogP) is 1.64. The Morgan fingerprint density at radius 3 is 2.52 bits per heavy atom. The number of carbonyl (C=O) groups is 2. The summed E-state index contributed by atoms with van der Waals surface area (Å²) < 4.78 is 5.06. The molecule has 1 spiro atoms. The molecule has 27 heavy (non-hydrogen) atoms. The molecule has 1 aliphatic carbocycles. The van der Waals surface area contributed by atoms with Crippen LogP contribution in [0.1, 0.15) is 41.9 Å². The average Bonchev–Trinajstić information content (AvgIpc) is 3.30. The van der Waals surface area contributed by atoms with Gasteiger partial charge in [-0.25, -0.2) is 0 Å². The van der Waals surface area contributed by atoms with Gasteiger partial charge < -0.3 is 19.2 Å². The van der Waals surface area contributed by atoms with Crippen LogP contribution in [0.2, 0.25) is 0 Å². The van der Waals surface area contributed by atoms with Crippen molar-refractivity contribution >= 4 is 11.8 Å². The second kappa shape index (κ2) is 6.33. The summed E-state index contributed by atoms with van der Waals surface area (Å²) in [5, 5.41) is 3.87. The molecule has 3 aliphatic rings. The largest absolute Gasteiger partial charge is 0.361 e. The van der Waals surface area contributed by atoms with Crippen molar-refractivity contribution in [3.8, 4) is 0 Å². The number of aryl methyl sites for hydroxylation is 1. The van der Waals surface area contributed by atoms with Crippen LogP contribution in [-0.2, 0) is 4.79 Å². The van der Waals surface area contributed by atoms with E-state index in [4.69, 9.17) is 4.52 Å². The van der Waals surface area contributed by atoms with E-state index in [2.05, 4.69) is 17.1 Å². The third kappa shape index (κ3) is 2.78. The van der Waals surface area contributed by atoms with Crippen LogP contribution in [0.15, 0.2) is 10.6 Å². The van der Waals surface area contributed by atoms with Gasteiger partial charge in [-0.1, -0.05) is 5.16 Å². The SMILES string of the molecule is Cc1cc(C(=O)N2CCC3(CC2)CC[C@]2(C(=O)N(C)C)CN(C)C[C@H]32)no1. The van der Waals surface area contributed by atoms with Crippen LogP contribution in [0.3, 0.4) is 0 Å². The molecule has 148 valence electrons. The first-order valence-corrected chi connectivity index (χ1v) is 9.90. The maximum absolute atomic E-state index is 13.1. The van der Waals surface area contributed by atoms with E-state index in [-0.39, 0.29) is 22.6 Å². The minimum absolute atomic E-state index is 0.0427. The molecule has 7 heteroatoms. The van der Waals surface area contributed by atoms with Gasteiger partial charge in [0.05, 0.1) is 5.41 Å². The maximum Gasteiger partial charge on any atom is 0.276 e. The van der Waals surface area contributed by atoms with Crippen molar-refractivity contribution in [1.29, 1.82) is 0 Å².